The van der Waals surface area contributed by atoms with E-state index in [0.717, 1.165) is 6.54 Å². The van der Waals surface area contributed by atoms with Crippen LogP contribution in [-0.2, 0) is 11.3 Å². The lowest BCUT2D eigenvalue weighted by atomic mass is 10.0. The van der Waals surface area contributed by atoms with E-state index in [4.69, 9.17) is 27.9 Å². The molecule has 2 rings (SSSR count). The summed E-state index contributed by atoms with van der Waals surface area (Å²) in [5.74, 6) is 0.171. The van der Waals surface area contributed by atoms with E-state index in [1.54, 1.807) is 12.1 Å². The van der Waals surface area contributed by atoms with Gasteiger partial charge in [-0.05, 0) is 26.0 Å². The number of halogens is 3. The summed E-state index contributed by atoms with van der Waals surface area (Å²) in [6, 6.07) is 4.77. The van der Waals surface area contributed by atoms with Crippen molar-refractivity contribution in [2.75, 3.05) is 19.0 Å². The molecule has 1 fully saturated rings. The number of morpholine rings is 1. The monoisotopic (exact) mass is 305 g/mol. The van der Waals surface area contributed by atoms with Gasteiger partial charge in [0.2, 0.25) is 0 Å². The van der Waals surface area contributed by atoms with E-state index >= 15 is 0 Å². The molecule has 0 radical (unpaired) electrons. The summed E-state index contributed by atoms with van der Waals surface area (Å²) < 4.78 is 19.7. The van der Waals surface area contributed by atoms with Crippen molar-refractivity contribution >= 4 is 23.2 Å². The zero-order valence-corrected chi connectivity index (χ0v) is 12.6. The fourth-order valence-corrected chi connectivity index (χ4v) is 2.91. The molecule has 0 spiro atoms. The van der Waals surface area contributed by atoms with Gasteiger partial charge in [0.15, 0.2) is 0 Å². The minimum absolute atomic E-state index is 0.0315. The summed E-state index contributed by atoms with van der Waals surface area (Å²) in [6.45, 7) is 5.93. The van der Waals surface area contributed by atoms with Crippen molar-refractivity contribution in [1.82, 2.24) is 4.90 Å². The summed E-state index contributed by atoms with van der Waals surface area (Å²) in [6.07, 6.45) is -0.0315. The molecule has 1 aliphatic heterocycles. The molecule has 0 amide bonds. The van der Waals surface area contributed by atoms with E-state index in [0.29, 0.717) is 29.6 Å². The Bertz CT molecular complexity index is 433. The molecular formula is C14H18Cl2FNO. The third-order valence-corrected chi connectivity index (χ3v) is 3.87. The Morgan fingerprint density at radius 1 is 1.47 bits per heavy atom. The van der Waals surface area contributed by atoms with Crippen LogP contribution in [0.1, 0.15) is 19.4 Å². The lowest BCUT2D eigenvalue weighted by Crippen LogP contribution is -2.52. The largest absolute Gasteiger partial charge is 0.368 e. The van der Waals surface area contributed by atoms with E-state index in [9.17, 15) is 4.39 Å². The van der Waals surface area contributed by atoms with Crippen molar-refractivity contribution in [3.63, 3.8) is 0 Å². The standard InChI is InChI=1S/C14H18Cl2FNO/c1-14(2)9-18(7-10(6-15)19-14)8-11-12(16)4-3-5-13(11)17/h3-5,10H,6-9H2,1-2H3. The van der Waals surface area contributed by atoms with Crippen LogP contribution in [0.15, 0.2) is 18.2 Å². The molecule has 1 atom stereocenters. The third kappa shape index (κ3) is 3.82. The van der Waals surface area contributed by atoms with Crippen molar-refractivity contribution in [1.29, 1.82) is 0 Å². The van der Waals surface area contributed by atoms with E-state index in [1.165, 1.54) is 6.07 Å². The molecule has 1 aliphatic rings. The normalized spacial score (nSPS) is 23.5. The Hall–Kier alpha value is -0.350. The number of hydrogen-bond donors (Lipinski definition) is 0. The van der Waals surface area contributed by atoms with Gasteiger partial charge in [0, 0.05) is 36.1 Å². The molecule has 0 saturated carbocycles. The Morgan fingerprint density at radius 3 is 2.84 bits per heavy atom. The summed E-state index contributed by atoms with van der Waals surface area (Å²) in [5, 5.41) is 0.465. The second-order valence-corrected chi connectivity index (χ2v) is 6.24. The van der Waals surface area contributed by atoms with Crippen molar-refractivity contribution in [2.24, 2.45) is 0 Å². The van der Waals surface area contributed by atoms with Gasteiger partial charge in [0.1, 0.15) is 5.82 Å². The van der Waals surface area contributed by atoms with E-state index in [2.05, 4.69) is 4.90 Å². The maximum absolute atomic E-state index is 13.8. The second-order valence-electron chi connectivity index (χ2n) is 5.52. The van der Waals surface area contributed by atoms with Crippen molar-refractivity contribution < 1.29 is 9.13 Å². The zero-order valence-electron chi connectivity index (χ0n) is 11.1. The average Bonchev–Trinajstić information content (AvgIpc) is 2.32. The van der Waals surface area contributed by atoms with Gasteiger partial charge in [0.25, 0.3) is 0 Å². The molecule has 0 N–H and O–H groups in total. The highest BCUT2D eigenvalue weighted by Gasteiger charge is 2.33. The Labute approximate surface area is 123 Å². The Morgan fingerprint density at radius 2 is 2.21 bits per heavy atom. The smallest absolute Gasteiger partial charge is 0.129 e. The minimum Gasteiger partial charge on any atom is -0.368 e. The molecule has 106 valence electrons. The highest BCUT2D eigenvalue weighted by atomic mass is 35.5. The van der Waals surface area contributed by atoms with Crippen LogP contribution in [-0.4, -0.2) is 35.6 Å². The van der Waals surface area contributed by atoms with Gasteiger partial charge in [-0.1, -0.05) is 17.7 Å². The summed E-state index contributed by atoms with van der Waals surface area (Å²) in [4.78, 5) is 2.14. The molecular weight excluding hydrogens is 288 g/mol. The van der Waals surface area contributed by atoms with Crippen LogP contribution in [0.2, 0.25) is 5.02 Å². The first kappa shape index (κ1) is 15.0. The maximum atomic E-state index is 13.8. The molecule has 0 aliphatic carbocycles. The van der Waals surface area contributed by atoms with E-state index in [1.807, 2.05) is 13.8 Å². The number of rotatable bonds is 3. The quantitative estimate of drug-likeness (QED) is 0.790. The third-order valence-electron chi connectivity index (χ3n) is 3.17. The topological polar surface area (TPSA) is 12.5 Å². The van der Waals surface area contributed by atoms with Gasteiger partial charge in [0.05, 0.1) is 11.7 Å². The Kier molecular flexibility index (Phi) is 4.72. The van der Waals surface area contributed by atoms with Gasteiger partial charge in [-0.25, -0.2) is 4.39 Å². The van der Waals surface area contributed by atoms with Crippen molar-refractivity contribution in [3.05, 3.63) is 34.6 Å². The predicted octanol–water partition coefficient (Wildman–Crippen LogP) is 3.70. The molecule has 1 aromatic rings. The van der Waals surface area contributed by atoms with Crippen LogP contribution in [0.4, 0.5) is 4.39 Å². The number of hydrogen-bond acceptors (Lipinski definition) is 2. The van der Waals surface area contributed by atoms with E-state index < -0.39 is 0 Å². The summed E-state index contributed by atoms with van der Waals surface area (Å²) in [5.41, 5.74) is 0.255. The fraction of sp³-hybridized carbons (Fsp3) is 0.571. The molecule has 0 bridgehead atoms. The molecule has 19 heavy (non-hydrogen) atoms. The molecule has 0 aromatic heterocycles. The molecule has 1 heterocycles. The number of alkyl halides is 1. The van der Waals surface area contributed by atoms with Crippen LogP contribution in [0.3, 0.4) is 0 Å². The van der Waals surface area contributed by atoms with Crippen LogP contribution in [0.5, 0.6) is 0 Å². The molecule has 1 saturated heterocycles. The van der Waals surface area contributed by atoms with Gasteiger partial charge >= 0.3 is 0 Å². The summed E-state index contributed by atoms with van der Waals surface area (Å²) >= 11 is 12.0. The molecule has 1 aromatic carbocycles. The van der Waals surface area contributed by atoms with Gasteiger partial charge < -0.3 is 4.74 Å². The van der Waals surface area contributed by atoms with E-state index in [-0.39, 0.29) is 17.5 Å². The lowest BCUT2D eigenvalue weighted by molar-refractivity contribution is -0.129. The molecule has 2 nitrogen and oxygen atoms in total. The van der Waals surface area contributed by atoms with Gasteiger partial charge in [-0.3, -0.25) is 4.90 Å². The zero-order chi connectivity index (χ0) is 14.0. The first-order valence-corrected chi connectivity index (χ1v) is 7.21. The number of benzene rings is 1. The highest BCUT2D eigenvalue weighted by molar-refractivity contribution is 6.31. The van der Waals surface area contributed by atoms with Gasteiger partial charge in [-0.2, -0.15) is 0 Å². The molecule has 5 heteroatoms. The molecule has 1 unspecified atom stereocenters. The highest BCUT2D eigenvalue weighted by Crippen LogP contribution is 2.26. The predicted molar refractivity (Wildman–Crippen MR) is 76.4 cm³/mol. The van der Waals surface area contributed by atoms with Crippen LogP contribution in [0.25, 0.3) is 0 Å². The number of nitrogens with zero attached hydrogens (tertiary/aromatic N) is 1. The maximum Gasteiger partial charge on any atom is 0.129 e. The average molecular weight is 306 g/mol. The second kappa shape index (κ2) is 5.96. The first-order chi connectivity index (χ1) is 8.91. The van der Waals surface area contributed by atoms with Crippen LogP contribution < -0.4 is 0 Å². The SMILES string of the molecule is CC1(C)CN(Cc2c(F)cccc2Cl)CC(CCl)O1. The first-order valence-electron chi connectivity index (χ1n) is 6.30. The van der Waals surface area contributed by atoms with Crippen molar-refractivity contribution in [2.45, 2.75) is 32.1 Å². The lowest BCUT2D eigenvalue weighted by Gasteiger charge is -2.42. The van der Waals surface area contributed by atoms with Crippen LogP contribution in [0, 0.1) is 5.82 Å². The number of ether oxygens (including phenoxy) is 1. The van der Waals surface area contributed by atoms with Crippen molar-refractivity contribution in [3.8, 4) is 0 Å². The fourth-order valence-electron chi connectivity index (χ4n) is 2.52. The minimum atomic E-state index is -0.282. The van der Waals surface area contributed by atoms with Crippen LogP contribution >= 0.6 is 23.2 Å². The Balaban J connectivity index is 2.14. The van der Waals surface area contributed by atoms with Gasteiger partial charge in [-0.15, -0.1) is 11.6 Å². The summed E-state index contributed by atoms with van der Waals surface area (Å²) in [7, 11) is 0.